The lowest BCUT2D eigenvalue weighted by molar-refractivity contribution is -0.0505. The van der Waals surface area contributed by atoms with E-state index in [4.69, 9.17) is 4.74 Å². The Morgan fingerprint density at radius 1 is 1.32 bits per heavy atom. The Morgan fingerprint density at radius 2 is 2.14 bits per heavy atom. The highest BCUT2D eigenvalue weighted by Crippen LogP contribution is 2.26. The summed E-state index contributed by atoms with van der Waals surface area (Å²) in [7, 11) is 3.52. The lowest BCUT2D eigenvalue weighted by Crippen LogP contribution is -2.37. The summed E-state index contributed by atoms with van der Waals surface area (Å²) in [6.07, 6.45) is 5.38. The van der Waals surface area contributed by atoms with Gasteiger partial charge < -0.3 is 20.1 Å². The van der Waals surface area contributed by atoms with Crippen molar-refractivity contribution in [1.82, 2.24) is 20.4 Å². The highest BCUT2D eigenvalue weighted by molar-refractivity contribution is 5.79. The van der Waals surface area contributed by atoms with Crippen molar-refractivity contribution in [3.8, 4) is 11.5 Å². The van der Waals surface area contributed by atoms with Gasteiger partial charge in [-0.15, -0.1) is 0 Å². The molecule has 2 aromatic rings. The van der Waals surface area contributed by atoms with Gasteiger partial charge in [0.1, 0.15) is 11.5 Å². The summed E-state index contributed by atoms with van der Waals surface area (Å²) in [4.78, 5) is 4.15. The van der Waals surface area contributed by atoms with Crippen LogP contribution in [0.2, 0.25) is 0 Å². The van der Waals surface area contributed by atoms with Gasteiger partial charge in [0.05, 0.1) is 12.8 Å². The average Bonchev–Trinajstić information content (AvgIpc) is 3.08. The van der Waals surface area contributed by atoms with Crippen LogP contribution in [-0.2, 0) is 20.0 Å². The van der Waals surface area contributed by atoms with E-state index >= 15 is 0 Å². The predicted octanol–water partition coefficient (Wildman–Crippen LogP) is 2.72. The number of aromatic nitrogens is 2. The van der Waals surface area contributed by atoms with E-state index in [-0.39, 0.29) is 12.3 Å². The minimum Gasteiger partial charge on any atom is -0.493 e. The summed E-state index contributed by atoms with van der Waals surface area (Å²) in [6.45, 7) is 0.524. The van der Waals surface area contributed by atoms with Gasteiger partial charge in [0, 0.05) is 45.0 Å². The molecule has 9 heteroatoms. The monoisotopic (exact) mass is 395 g/mol. The number of guanidine groups is 1. The van der Waals surface area contributed by atoms with Crippen molar-refractivity contribution >= 4 is 5.96 Å². The second-order valence-corrected chi connectivity index (χ2v) is 6.12. The zero-order chi connectivity index (χ0) is 20.4. The van der Waals surface area contributed by atoms with Crippen LogP contribution >= 0.6 is 0 Å². The molecule has 1 aromatic carbocycles. The maximum Gasteiger partial charge on any atom is 0.387 e. The lowest BCUT2D eigenvalue weighted by atomic mass is 10.2. The molecule has 0 aliphatic carbocycles. The van der Waals surface area contributed by atoms with Gasteiger partial charge in [-0.25, -0.2) is 0 Å². The highest BCUT2D eigenvalue weighted by atomic mass is 19.3. The maximum absolute atomic E-state index is 12.8. The number of rotatable bonds is 10. The molecule has 0 aliphatic heterocycles. The van der Waals surface area contributed by atoms with E-state index in [0.717, 1.165) is 18.4 Å². The van der Waals surface area contributed by atoms with Gasteiger partial charge in [-0.05, 0) is 30.5 Å². The van der Waals surface area contributed by atoms with E-state index < -0.39 is 6.61 Å². The van der Waals surface area contributed by atoms with Crippen LogP contribution in [0.15, 0.2) is 35.6 Å². The minimum atomic E-state index is -2.91. The maximum atomic E-state index is 12.8. The fraction of sp³-hybridized carbons (Fsp3) is 0.474. The van der Waals surface area contributed by atoms with Gasteiger partial charge in [0.15, 0.2) is 5.96 Å². The molecule has 7 nitrogen and oxygen atoms in total. The second kappa shape index (κ2) is 11.1. The van der Waals surface area contributed by atoms with Crippen LogP contribution in [0, 0.1) is 0 Å². The number of aliphatic imine (C=N–C) groups is 1. The number of nitrogens with one attached hydrogen (secondary N) is 2. The van der Waals surface area contributed by atoms with Gasteiger partial charge in [-0.3, -0.25) is 9.67 Å². The number of hydrogen-bond donors (Lipinski definition) is 2. The molecule has 2 rings (SSSR count). The molecule has 0 bridgehead atoms. The van der Waals surface area contributed by atoms with Crippen LogP contribution in [0.4, 0.5) is 8.78 Å². The number of alkyl halides is 2. The number of nitrogens with zero attached hydrogens (tertiary/aromatic N) is 3. The summed E-state index contributed by atoms with van der Waals surface area (Å²) in [5, 5.41) is 10.4. The largest absolute Gasteiger partial charge is 0.493 e. The van der Waals surface area contributed by atoms with Gasteiger partial charge in [-0.1, -0.05) is 6.92 Å². The zero-order valence-electron chi connectivity index (χ0n) is 16.4. The molecule has 0 radical (unpaired) electrons. The first-order valence-corrected chi connectivity index (χ1v) is 9.14. The fourth-order valence-electron chi connectivity index (χ4n) is 2.52. The van der Waals surface area contributed by atoms with E-state index in [9.17, 15) is 8.78 Å². The second-order valence-electron chi connectivity index (χ2n) is 6.12. The Bertz CT molecular complexity index is 765. The van der Waals surface area contributed by atoms with Crippen molar-refractivity contribution in [3.63, 3.8) is 0 Å². The van der Waals surface area contributed by atoms with Crippen molar-refractivity contribution < 1.29 is 18.3 Å². The zero-order valence-corrected chi connectivity index (χ0v) is 16.4. The molecule has 0 amide bonds. The van der Waals surface area contributed by atoms with Gasteiger partial charge in [-0.2, -0.15) is 13.9 Å². The SMILES string of the molecule is CCCOc1ccc(CNC(=NC)NCCc2cnn(C)c2)c(OC(F)F)c1. The number of aryl methyl sites for hydroxylation is 1. The third-order valence-electron chi connectivity index (χ3n) is 3.86. The first-order chi connectivity index (χ1) is 13.5. The lowest BCUT2D eigenvalue weighted by Gasteiger charge is -2.15. The van der Waals surface area contributed by atoms with Gasteiger partial charge >= 0.3 is 6.61 Å². The van der Waals surface area contributed by atoms with E-state index in [2.05, 4.69) is 25.5 Å². The van der Waals surface area contributed by atoms with Crippen molar-refractivity contribution in [2.75, 3.05) is 20.2 Å². The quantitative estimate of drug-likeness (QED) is 0.478. The molecule has 0 atom stereocenters. The van der Waals surface area contributed by atoms with Crippen LogP contribution in [0.1, 0.15) is 24.5 Å². The third kappa shape index (κ3) is 7.05. The summed E-state index contributed by atoms with van der Waals surface area (Å²) in [5.74, 6) is 1.15. The third-order valence-corrected chi connectivity index (χ3v) is 3.86. The number of benzene rings is 1. The summed E-state index contributed by atoms with van der Waals surface area (Å²) in [6, 6.07) is 4.93. The molecular formula is C19H27F2N5O2. The highest BCUT2D eigenvalue weighted by Gasteiger charge is 2.12. The molecule has 0 unspecified atom stereocenters. The molecule has 0 saturated carbocycles. The fourth-order valence-corrected chi connectivity index (χ4v) is 2.52. The molecule has 0 fully saturated rings. The Labute approximate surface area is 163 Å². The van der Waals surface area contributed by atoms with Crippen LogP contribution in [0.25, 0.3) is 0 Å². The number of halogens is 2. The summed E-state index contributed by atoms with van der Waals surface area (Å²) < 4.78 is 37.4. The Hall–Kier alpha value is -2.84. The van der Waals surface area contributed by atoms with Crippen LogP contribution < -0.4 is 20.1 Å². The smallest absolute Gasteiger partial charge is 0.387 e. The van der Waals surface area contributed by atoms with Gasteiger partial charge in [0.2, 0.25) is 0 Å². The van der Waals surface area contributed by atoms with Crippen LogP contribution in [0.5, 0.6) is 11.5 Å². The molecule has 2 N–H and O–H groups in total. The molecule has 0 spiro atoms. The van der Waals surface area contributed by atoms with Crippen molar-refractivity contribution in [2.45, 2.75) is 32.9 Å². The molecular weight excluding hydrogens is 368 g/mol. The molecule has 1 aromatic heterocycles. The van der Waals surface area contributed by atoms with Gasteiger partial charge in [0.25, 0.3) is 0 Å². The summed E-state index contributed by atoms with van der Waals surface area (Å²) >= 11 is 0. The predicted molar refractivity (Wildman–Crippen MR) is 104 cm³/mol. The van der Waals surface area contributed by atoms with E-state index in [1.165, 1.54) is 6.07 Å². The molecule has 1 heterocycles. The number of ether oxygens (including phenoxy) is 2. The van der Waals surface area contributed by atoms with Crippen molar-refractivity contribution in [2.24, 2.45) is 12.0 Å². The normalized spacial score (nSPS) is 11.6. The standard InChI is InChI=1S/C19H27F2N5O2/c1-4-9-27-16-6-5-15(17(10-16)28-18(20)21)12-24-19(22-2)23-8-7-14-11-25-26(3)13-14/h5-6,10-11,13,18H,4,7-9,12H2,1-3H3,(H2,22,23,24). The minimum absolute atomic E-state index is 0.0851. The first kappa shape index (κ1) is 21.5. The average molecular weight is 395 g/mol. The first-order valence-electron chi connectivity index (χ1n) is 9.14. The summed E-state index contributed by atoms with van der Waals surface area (Å²) in [5.41, 5.74) is 1.69. The van der Waals surface area contributed by atoms with E-state index in [1.807, 2.05) is 26.4 Å². The van der Waals surface area contributed by atoms with Crippen LogP contribution in [-0.4, -0.2) is 42.6 Å². The number of hydrogen-bond acceptors (Lipinski definition) is 4. The van der Waals surface area contributed by atoms with Crippen LogP contribution in [0.3, 0.4) is 0 Å². The Balaban J connectivity index is 1.92. The molecule has 28 heavy (non-hydrogen) atoms. The van der Waals surface area contributed by atoms with Crippen molar-refractivity contribution in [1.29, 1.82) is 0 Å². The Morgan fingerprint density at radius 3 is 2.79 bits per heavy atom. The molecule has 0 aliphatic rings. The molecule has 0 saturated heterocycles. The van der Waals surface area contributed by atoms with E-state index in [1.54, 1.807) is 23.9 Å². The van der Waals surface area contributed by atoms with Crippen molar-refractivity contribution in [3.05, 3.63) is 41.7 Å². The Kier molecular flexibility index (Phi) is 8.51. The molecule has 154 valence electrons. The van der Waals surface area contributed by atoms with E-state index in [0.29, 0.717) is 30.4 Å². The topological polar surface area (TPSA) is 72.7 Å².